The van der Waals surface area contributed by atoms with E-state index in [0.717, 1.165) is 12.2 Å². The van der Waals surface area contributed by atoms with E-state index in [1.165, 1.54) is 0 Å². The highest BCUT2D eigenvalue weighted by Gasteiger charge is 2.14. The van der Waals surface area contributed by atoms with Gasteiger partial charge in [-0.05, 0) is 11.5 Å². The molecule has 0 radical (unpaired) electrons. The van der Waals surface area contributed by atoms with Gasteiger partial charge in [0.25, 0.3) is 0 Å². The average molecular weight is 196 g/mol. The highest BCUT2D eigenvalue weighted by atomic mass is 16.4. The van der Waals surface area contributed by atoms with Gasteiger partial charge in [-0.2, -0.15) is 5.10 Å². The van der Waals surface area contributed by atoms with Crippen LogP contribution in [0.5, 0.6) is 0 Å². The van der Waals surface area contributed by atoms with Gasteiger partial charge in [0.05, 0.1) is 6.42 Å². The van der Waals surface area contributed by atoms with Crippen molar-refractivity contribution in [2.24, 2.45) is 5.41 Å². The first-order valence-corrected chi connectivity index (χ1v) is 4.61. The summed E-state index contributed by atoms with van der Waals surface area (Å²) < 4.78 is 1.76. The second kappa shape index (κ2) is 3.82. The van der Waals surface area contributed by atoms with Crippen molar-refractivity contribution in [3.63, 3.8) is 0 Å². The molecule has 0 fully saturated rings. The molecule has 0 spiro atoms. The molecule has 0 aromatic carbocycles. The lowest BCUT2D eigenvalue weighted by Gasteiger charge is -2.19. The summed E-state index contributed by atoms with van der Waals surface area (Å²) in [5.74, 6) is -0.819. The van der Waals surface area contributed by atoms with E-state index in [1.54, 1.807) is 16.9 Å². The zero-order chi connectivity index (χ0) is 10.8. The second-order valence-corrected chi connectivity index (χ2v) is 4.61. The van der Waals surface area contributed by atoms with Gasteiger partial charge >= 0.3 is 5.97 Å². The molecule has 78 valence electrons. The lowest BCUT2D eigenvalue weighted by Crippen LogP contribution is -2.19. The van der Waals surface area contributed by atoms with Gasteiger partial charge in [-0.1, -0.05) is 20.8 Å². The number of nitrogens with zero attached hydrogens (tertiary/aromatic N) is 2. The van der Waals surface area contributed by atoms with Crippen LogP contribution in [0.3, 0.4) is 0 Å². The lowest BCUT2D eigenvalue weighted by atomic mass is 9.97. The molecular weight excluding hydrogens is 180 g/mol. The first-order valence-electron chi connectivity index (χ1n) is 4.61. The summed E-state index contributed by atoms with van der Waals surface area (Å²) in [4.78, 5) is 10.5. The summed E-state index contributed by atoms with van der Waals surface area (Å²) in [6.07, 6.45) is 1.68. The van der Waals surface area contributed by atoms with Crippen molar-refractivity contribution >= 4 is 5.97 Å². The molecule has 0 aliphatic heterocycles. The van der Waals surface area contributed by atoms with Crippen molar-refractivity contribution in [2.75, 3.05) is 0 Å². The predicted octanol–water partition coefficient (Wildman–Crippen LogP) is 1.56. The maximum Gasteiger partial charge on any atom is 0.309 e. The third kappa shape index (κ3) is 3.20. The number of aromatic nitrogens is 2. The van der Waals surface area contributed by atoms with E-state index in [2.05, 4.69) is 25.9 Å². The maximum atomic E-state index is 10.5. The third-order valence-electron chi connectivity index (χ3n) is 1.76. The number of carboxylic acids is 1. The molecule has 0 saturated carbocycles. The molecule has 0 aliphatic carbocycles. The standard InChI is InChI=1S/C10H16N2O2/c1-10(2,3)7-12-8(4-5-11-12)6-9(13)14/h4-5H,6-7H2,1-3H3,(H,13,14). The van der Waals surface area contributed by atoms with Crippen molar-refractivity contribution in [3.8, 4) is 0 Å². The number of hydrogen-bond donors (Lipinski definition) is 1. The molecule has 1 aromatic rings. The molecule has 14 heavy (non-hydrogen) atoms. The monoisotopic (exact) mass is 196 g/mol. The maximum absolute atomic E-state index is 10.5. The van der Waals surface area contributed by atoms with Gasteiger partial charge in [0.2, 0.25) is 0 Å². The van der Waals surface area contributed by atoms with Crippen LogP contribution < -0.4 is 0 Å². The Morgan fingerprint density at radius 3 is 2.71 bits per heavy atom. The molecule has 4 nitrogen and oxygen atoms in total. The fourth-order valence-corrected chi connectivity index (χ4v) is 1.26. The molecule has 1 aromatic heterocycles. The Hall–Kier alpha value is -1.32. The Morgan fingerprint density at radius 1 is 1.57 bits per heavy atom. The molecule has 0 saturated heterocycles. The summed E-state index contributed by atoms with van der Waals surface area (Å²) in [6.45, 7) is 7.03. The van der Waals surface area contributed by atoms with Gasteiger partial charge in [0.15, 0.2) is 0 Å². The van der Waals surface area contributed by atoms with Crippen LogP contribution >= 0.6 is 0 Å². The molecule has 0 amide bonds. The lowest BCUT2D eigenvalue weighted by molar-refractivity contribution is -0.136. The van der Waals surface area contributed by atoms with E-state index in [1.807, 2.05) is 0 Å². The Labute approximate surface area is 83.5 Å². The van der Waals surface area contributed by atoms with Gasteiger partial charge in [0.1, 0.15) is 0 Å². The van der Waals surface area contributed by atoms with Gasteiger partial charge in [-0.3, -0.25) is 9.48 Å². The van der Waals surface area contributed by atoms with Gasteiger partial charge in [-0.15, -0.1) is 0 Å². The van der Waals surface area contributed by atoms with E-state index in [-0.39, 0.29) is 11.8 Å². The van der Waals surface area contributed by atoms with Crippen molar-refractivity contribution in [1.29, 1.82) is 0 Å². The molecule has 4 heteroatoms. The Bertz CT molecular complexity index is 323. The minimum absolute atomic E-state index is 0.0378. The molecule has 0 unspecified atom stereocenters. The smallest absolute Gasteiger partial charge is 0.309 e. The van der Waals surface area contributed by atoms with Crippen LogP contribution in [-0.2, 0) is 17.8 Å². The largest absolute Gasteiger partial charge is 0.481 e. The zero-order valence-electron chi connectivity index (χ0n) is 8.82. The number of aliphatic carboxylic acids is 1. The topological polar surface area (TPSA) is 55.1 Å². The molecule has 1 heterocycles. The zero-order valence-corrected chi connectivity index (χ0v) is 8.82. The number of rotatable bonds is 3. The van der Waals surface area contributed by atoms with Crippen LogP contribution in [0.4, 0.5) is 0 Å². The highest BCUT2D eigenvalue weighted by Crippen LogP contribution is 2.17. The molecular formula is C10H16N2O2. The number of carbonyl (C=O) groups is 1. The third-order valence-corrected chi connectivity index (χ3v) is 1.76. The van der Waals surface area contributed by atoms with Crippen LogP contribution in [0, 0.1) is 5.41 Å². The molecule has 1 rings (SSSR count). The Balaban J connectivity index is 2.77. The molecule has 0 aliphatic rings. The molecule has 0 bridgehead atoms. The van der Waals surface area contributed by atoms with Crippen molar-refractivity contribution in [1.82, 2.24) is 9.78 Å². The van der Waals surface area contributed by atoms with Crippen LogP contribution in [-0.4, -0.2) is 20.9 Å². The second-order valence-electron chi connectivity index (χ2n) is 4.61. The molecule has 0 atom stereocenters. The highest BCUT2D eigenvalue weighted by molar-refractivity contribution is 5.69. The number of carboxylic acid groups (broad SMARTS) is 1. The van der Waals surface area contributed by atoms with Crippen molar-refractivity contribution < 1.29 is 9.90 Å². The van der Waals surface area contributed by atoms with E-state index in [4.69, 9.17) is 5.11 Å². The van der Waals surface area contributed by atoms with Gasteiger partial charge in [-0.25, -0.2) is 0 Å². The van der Waals surface area contributed by atoms with Crippen molar-refractivity contribution in [2.45, 2.75) is 33.7 Å². The van der Waals surface area contributed by atoms with Crippen LogP contribution in [0.15, 0.2) is 12.3 Å². The first kappa shape index (κ1) is 10.8. The summed E-state index contributed by atoms with van der Waals surface area (Å²) in [5, 5.41) is 12.8. The Kier molecular flexibility index (Phi) is 2.93. The predicted molar refractivity (Wildman–Crippen MR) is 53.0 cm³/mol. The fourth-order valence-electron chi connectivity index (χ4n) is 1.26. The van der Waals surface area contributed by atoms with E-state index >= 15 is 0 Å². The Morgan fingerprint density at radius 2 is 2.21 bits per heavy atom. The van der Waals surface area contributed by atoms with Gasteiger partial charge < -0.3 is 5.11 Å². The van der Waals surface area contributed by atoms with E-state index in [0.29, 0.717) is 0 Å². The van der Waals surface area contributed by atoms with Crippen LogP contribution in [0.25, 0.3) is 0 Å². The summed E-state index contributed by atoms with van der Waals surface area (Å²) in [5.41, 5.74) is 0.867. The van der Waals surface area contributed by atoms with Gasteiger partial charge in [0, 0.05) is 18.4 Å². The first-order chi connectivity index (χ1) is 6.38. The number of hydrogen-bond acceptors (Lipinski definition) is 2. The van der Waals surface area contributed by atoms with Crippen molar-refractivity contribution in [3.05, 3.63) is 18.0 Å². The minimum atomic E-state index is -0.819. The normalized spacial score (nSPS) is 11.6. The van der Waals surface area contributed by atoms with Crippen LogP contribution in [0.2, 0.25) is 0 Å². The summed E-state index contributed by atoms with van der Waals surface area (Å²) in [7, 11) is 0. The van der Waals surface area contributed by atoms with E-state index in [9.17, 15) is 4.79 Å². The average Bonchev–Trinajstić information content (AvgIpc) is 2.32. The quantitative estimate of drug-likeness (QED) is 0.798. The van der Waals surface area contributed by atoms with E-state index < -0.39 is 5.97 Å². The van der Waals surface area contributed by atoms with Crippen LogP contribution in [0.1, 0.15) is 26.5 Å². The summed E-state index contributed by atoms with van der Waals surface area (Å²) in [6, 6.07) is 1.75. The summed E-state index contributed by atoms with van der Waals surface area (Å²) >= 11 is 0. The SMILES string of the molecule is CC(C)(C)Cn1nccc1CC(=O)O. The minimum Gasteiger partial charge on any atom is -0.481 e. The molecule has 1 N–H and O–H groups in total. The fraction of sp³-hybridized carbons (Fsp3) is 0.600.